The van der Waals surface area contributed by atoms with Gasteiger partial charge in [0.2, 0.25) is 5.91 Å². The van der Waals surface area contributed by atoms with Crippen LogP contribution in [0.5, 0.6) is 0 Å². The van der Waals surface area contributed by atoms with Crippen LogP contribution in [-0.2, 0) is 21.2 Å². The standard InChI is InChI=1S/C24H32N4O3S2/c1-3-13-27-23(19-9-7-8-18(2)15-19)25-26-24(27)32-16-22(29)28(20-10-5-4-6-11-20)21-12-14-33(30,31)17-21/h3,7-9,15,20-21H,1,4-6,10-14,16-17H2,2H3. The number of sulfone groups is 1. The molecule has 1 atom stereocenters. The molecule has 0 bridgehead atoms. The fraction of sp³-hybridized carbons (Fsp3) is 0.542. The van der Waals surface area contributed by atoms with Crippen LogP contribution in [0.1, 0.15) is 44.1 Å². The number of nitrogens with zero attached hydrogens (tertiary/aromatic N) is 4. The maximum Gasteiger partial charge on any atom is 0.233 e. The molecule has 4 rings (SSSR count). The highest BCUT2D eigenvalue weighted by molar-refractivity contribution is 7.99. The molecule has 2 fully saturated rings. The van der Waals surface area contributed by atoms with Gasteiger partial charge < -0.3 is 4.90 Å². The van der Waals surface area contributed by atoms with Crippen molar-refractivity contribution in [3.63, 3.8) is 0 Å². The molecule has 0 N–H and O–H groups in total. The fourth-order valence-corrected chi connectivity index (χ4v) is 7.48. The molecule has 2 aliphatic rings. The molecule has 7 nitrogen and oxygen atoms in total. The summed E-state index contributed by atoms with van der Waals surface area (Å²) in [6.07, 6.45) is 7.62. The Kier molecular flexibility index (Phi) is 7.58. The van der Waals surface area contributed by atoms with Crippen LogP contribution >= 0.6 is 11.8 Å². The van der Waals surface area contributed by atoms with E-state index in [0.717, 1.165) is 42.6 Å². The highest BCUT2D eigenvalue weighted by Gasteiger charge is 2.38. The van der Waals surface area contributed by atoms with Crippen LogP contribution in [0, 0.1) is 6.92 Å². The summed E-state index contributed by atoms with van der Waals surface area (Å²) in [6, 6.07) is 8.02. The molecule has 2 aromatic rings. The second kappa shape index (κ2) is 10.4. The molecule has 1 saturated carbocycles. The molecule has 178 valence electrons. The second-order valence-corrected chi connectivity index (χ2v) is 12.2. The van der Waals surface area contributed by atoms with Crippen LogP contribution in [0.25, 0.3) is 11.4 Å². The topological polar surface area (TPSA) is 85.2 Å². The summed E-state index contributed by atoms with van der Waals surface area (Å²) in [5.41, 5.74) is 2.11. The van der Waals surface area contributed by atoms with Crippen molar-refractivity contribution in [2.45, 2.75) is 69.2 Å². The Labute approximate surface area is 200 Å². The Morgan fingerprint density at radius 2 is 2.00 bits per heavy atom. The first-order valence-corrected chi connectivity index (χ1v) is 14.4. The molecular weight excluding hydrogens is 456 g/mol. The molecule has 1 aromatic carbocycles. The largest absolute Gasteiger partial charge is 0.335 e. The van der Waals surface area contributed by atoms with Crippen molar-refractivity contribution in [3.8, 4) is 11.4 Å². The molecule has 1 aromatic heterocycles. The van der Waals surface area contributed by atoms with E-state index in [-0.39, 0.29) is 35.2 Å². The van der Waals surface area contributed by atoms with Gasteiger partial charge in [-0.15, -0.1) is 16.8 Å². The first kappa shape index (κ1) is 24.0. The number of carbonyl (C=O) groups is 1. The van der Waals surface area contributed by atoms with E-state index >= 15 is 0 Å². The summed E-state index contributed by atoms with van der Waals surface area (Å²) in [6.45, 7) is 6.44. The summed E-state index contributed by atoms with van der Waals surface area (Å²) in [7, 11) is -3.06. The van der Waals surface area contributed by atoms with Crippen LogP contribution < -0.4 is 0 Å². The number of carbonyl (C=O) groups excluding carboxylic acids is 1. The Hall–Kier alpha value is -2.13. The number of benzene rings is 1. The van der Waals surface area contributed by atoms with Crippen LogP contribution in [0.3, 0.4) is 0 Å². The summed E-state index contributed by atoms with van der Waals surface area (Å²) < 4.78 is 26.2. The summed E-state index contributed by atoms with van der Waals surface area (Å²) in [5.74, 6) is 1.23. The molecule has 1 aliphatic heterocycles. The lowest BCUT2D eigenvalue weighted by atomic mass is 9.93. The molecular formula is C24H32N4O3S2. The number of amides is 1. The van der Waals surface area contributed by atoms with Gasteiger partial charge >= 0.3 is 0 Å². The third-order valence-corrected chi connectivity index (χ3v) is 9.19. The van der Waals surface area contributed by atoms with E-state index in [0.29, 0.717) is 18.1 Å². The first-order valence-electron chi connectivity index (χ1n) is 11.6. The Morgan fingerprint density at radius 1 is 1.21 bits per heavy atom. The van der Waals surface area contributed by atoms with Gasteiger partial charge in [0.1, 0.15) is 0 Å². The predicted molar refractivity (Wildman–Crippen MR) is 132 cm³/mol. The van der Waals surface area contributed by atoms with Crippen molar-refractivity contribution in [2.24, 2.45) is 0 Å². The van der Waals surface area contributed by atoms with Crippen LogP contribution in [0.4, 0.5) is 0 Å². The number of thioether (sulfide) groups is 1. The highest BCUT2D eigenvalue weighted by atomic mass is 32.2. The molecule has 0 spiro atoms. The molecule has 33 heavy (non-hydrogen) atoms. The normalized spacial score (nSPS) is 20.6. The minimum absolute atomic E-state index is 0.000686. The molecule has 1 saturated heterocycles. The third-order valence-electron chi connectivity index (χ3n) is 6.49. The van der Waals surface area contributed by atoms with Crippen molar-refractivity contribution < 1.29 is 13.2 Å². The van der Waals surface area contributed by atoms with Gasteiger partial charge in [0.15, 0.2) is 20.8 Å². The second-order valence-electron chi connectivity index (χ2n) is 9.01. The zero-order valence-electron chi connectivity index (χ0n) is 19.1. The van der Waals surface area contributed by atoms with E-state index in [4.69, 9.17) is 0 Å². The minimum atomic E-state index is -3.06. The van der Waals surface area contributed by atoms with Crippen LogP contribution in [-0.4, -0.2) is 63.3 Å². The average Bonchev–Trinajstić information content (AvgIpc) is 3.36. The summed E-state index contributed by atoms with van der Waals surface area (Å²) >= 11 is 1.37. The Morgan fingerprint density at radius 3 is 2.67 bits per heavy atom. The van der Waals surface area contributed by atoms with Gasteiger partial charge in [0.25, 0.3) is 0 Å². The Balaban J connectivity index is 1.53. The van der Waals surface area contributed by atoms with Crippen molar-refractivity contribution in [1.82, 2.24) is 19.7 Å². The summed E-state index contributed by atoms with van der Waals surface area (Å²) in [5, 5.41) is 9.43. The van der Waals surface area contributed by atoms with E-state index in [1.807, 2.05) is 34.6 Å². The van der Waals surface area contributed by atoms with Crippen molar-refractivity contribution in [1.29, 1.82) is 0 Å². The molecule has 9 heteroatoms. The number of allylic oxidation sites excluding steroid dienone is 1. The van der Waals surface area contributed by atoms with E-state index in [1.165, 1.54) is 18.2 Å². The fourth-order valence-electron chi connectivity index (χ4n) is 4.95. The smallest absolute Gasteiger partial charge is 0.233 e. The average molecular weight is 489 g/mol. The Bertz CT molecular complexity index is 1110. The number of aromatic nitrogens is 3. The number of aryl methyl sites for hydroxylation is 1. The maximum atomic E-state index is 13.4. The molecule has 2 heterocycles. The lowest BCUT2D eigenvalue weighted by Crippen LogP contribution is -2.49. The lowest BCUT2D eigenvalue weighted by Gasteiger charge is -2.38. The SMILES string of the molecule is C=CCn1c(SCC(=O)N(C2CCCCC2)C2CCS(=O)(=O)C2)nnc1-c1cccc(C)c1. The van der Waals surface area contributed by atoms with Gasteiger partial charge in [-0.05, 0) is 32.3 Å². The van der Waals surface area contributed by atoms with Crippen molar-refractivity contribution in [3.05, 3.63) is 42.5 Å². The number of hydrogen-bond donors (Lipinski definition) is 0. The lowest BCUT2D eigenvalue weighted by molar-refractivity contribution is -0.133. The van der Waals surface area contributed by atoms with Crippen LogP contribution in [0.2, 0.25) is 0 Å². The van der Waals surface area contributed by atoms with E-state index in [1.54, 1.807) is 6.08 Å². The number of hydrogen-bond acceptors (Lipinski definition) is 6. The first-order chi connectivity index (χ1) is 15.9. The van der Waals surface area contributed by atoms with Gasteiger partial charge in [-0.2, -0.15) is 0 Å². The van der Waals surface area contributed by atoms with Gasteiger partial charge in [-0.1, -0.05) is 60.9 Å². The van der Waals surface area contributed by atoms with E-state index in [2.05, 4.69) is 22.8 Å². The number of rotatable bonds is 8. The van der Waals surface area contributed by atoms with Gasteiger partial charge in [0.05, 0.1) is 17.3 Å². The van der Waals surface area contributed by atoms with E-state index < -0.39 is 9.84 Å². The van der Waals surface area contributed by atoms with Gasteiger partial charge in [0, 0.05) is 24.2 Å². The molecule has 1 aliphatic carbocycles. The van der Waals surface area contributed by atoms with Gasteiger partial charge in [-0.25, -0.2) is 8.42 Å². The zero-order valence-corrected chi connectivity index (χ0v) is 20.8. The molecule has 1 unspecified atom stereocenters. The van der Waals surface area contributed by atoms with Crippen molar-refractivity contribution in [2.75, 3.05) is 17.3 Å². The quantitative estimate of drug-likeness (QED) is 0.414. The minimum Gasteiger partial charge on any atom is -0.335 e. The molecule has 0 radical (unpaired) electrons. The molecule has 1 amide bonds. The van der Waals surface area contributed by atoms with Crippen molar-refractivity contribution >= 4 is 27.5 Å². The monoisotopic (exact) mass is 488 g/mol. The van der Waals surface area contributed by atoms with Crippen LogP contribution in [0.15, 0.2) is 42.1 Å². The zero-order chi connectivity index (χ0) is 23.4. The predicted octanol–water partition coefficient (Wildman–Crippen LogP) is 3.88. The third kappa shape index (κ3) is 5.69. The van der Waals surface area contributed by atoms with Gasteiger partial charge in [-0.3, -0.25) is 9.36 Å². The van der Waals surface area contributed by atoms with E-state index in [9.17, 15) is 13.2 Å². The summed E-state index contributed by atoms with van der Waals surface area (Å²) in [4.78, 5) is 15.3. The highest BCUT2D eigenvalue weighted by Crippen LogP contribution is 2.30. The maximum absolute atomic E-state index is 13.4.